The molecule has 1 aliphatic rings. The van der Waals surface area contributed by atoms with Crippen molar-refractivity contribution in [2.75, 3.05) is 26.2 Å². The highest BCUT2D eigenvalue weighted by atomic mass is 16.3. The largest absolute Gasteiger partial charge is 0.394 e. The summed E-state index contributed by atoms with van der Waals surface area (Å²) in [6.45, 7) is 3.21. The van der Waals surface area contributed by atoms with E-state index in [9.17, 15) is 9.90 Å². The third-order valence-corrected chi connectivity index (χ3v) is 3.21. The molecule has 17 heavy (non-hydrogen) atoms. The predicted octanol–water partition coefficient (Wildman–Crippen LogP) is 0.321. The van der Waals surface area contributed by atoms with Crippen molar-refractivity contribution in [3.8, 4) is 0 Å². The van der Waals surface area contributed by atoms with Crippen molar-refractivity contribution < 1.29 is 9.90 Å². The third-order valence-electron chi connectivity index (χ3n) is 3.21. The molecule has 0 aliphatic carbocycles. The molecule has 2 rings (SSSR count). The molecule has 1 aromatic carbocycles. The summed E-state index contributed by atoms with van der Waals surface area (Å²) in [6.07, 6.45) is 0.834. The Balaban J connectivity index is 1.93. The molecule has 0 spiro atoms. The van der Waals surface area contributed by atoms with Gasteiger partial charge in [-0.05, 0) is 5.56 Å². The van der Waals surface area contributed by atoms with Crippen molar-refractivity contribution in [1.82, 2.24) is 9.80 Å². The SMILES string of the molecule is O=CN1CCN(Cc2ccccc2)CC1CO. The van der Waals surface area contributed by atoms with Crippen molar-refractivity contribution in [1.29, 1.82) is 0 Å². The van der Waals surface area contributed by atoms with Crippen LogP contribution in [0, 0.1) is 0 Å². The van der Waals surface area contributed by atoms with Gasteiger partial charge in [-0.25, -0.2) is 0 Å². The number of piperazine rings is 1. The molecule has 1 saturated heterocycles. The summed E-state index contributed by atoms with van der Waals surface area (Å²) < 4.78 is 0. The summed E-state index contributed by atoms with van der Waals surface area (Å²) >= 11 is 0. The van der Waals surface area contributed by atoms with Crippen molar-refractivity contribution >= 4 is 6.41 Å². The Bertz CT molecular complexity index is 356. The summed E-state index contributed by atoms with van der Waals surface area (Å²) in [5.41, 5.74) is 1.27. The highest BCUT2D eigenvalue weighted by Gasteiger charge is 2.24. The lowest BCUT2D eigenvalue weighted by molar-refractivity contribution is -0.123. The lowest BCUT2D eigenvalue weighted by Gasteiger charge is -2.38. The molecule has 0 bridgehead atoms. The molecule has 1 amide bonds. The number of benzene rings is 1. The summed E-state index contributed by atoms with van der Waals surface area (Å²) in [5, 5.41) is 9.25. The molecule has 92 valence electrons. The number of hydrogen-bond donors (Lipinski definition) is 1. The summed E-state index contributed by atoms with van der Waals surface area (Å²) in [4.78, 5) is 14.7. The quantitative estimate of drug-likeness (QED) is 0.763. The number of rotatable bonds is 4. The van der Waals surface area contributed by atoms with Gasteiger partial charge in [-0.1, -0.05) is 30.3 Å². The van der Waals surface area contributed by atoms with Crippen LogP contribution in [-0.4, -0.2) is 53.6 Å². The van der Waals surface area contributed by atoms with Gasteiger partial charge in [-0.15, -0.1) is 0 Å². The van der Waals surface area contributed by atoms with Crippen LogP contribution >= 0.6 is 0 Å². The molecule has 4 heteroatoms. The summed E-state index contributed by atoms with van der Waals surface area (Å²) in [6, 6.07) is 10.2. The van der Waals surface area contributed by atoms with E-state index in [1.165, 1.54) is 5.56 Å². The monoisotopic (exact) mass is 234 g/mol. The van der Waals surface area contributed by atoms with Crippen LogP contribution in [0.2, 0.25) is 0 Å². The summed E-state index contributed by atoms with van der Waals surface area (Å²) in [5.74, 6) is 0. The van der Waals surface area contributed by atoms with E-state index < -0.39 is 0 Å². The number of aliphatic hydroxyl groups is 1. The highest BCUT2D eigenvalue weighted by molar-refractivity contribution is 5.48. The maximum absolute atomic E-state index is 10.8. The fraction of sp³-hybridized carbons (Fsp3) is 0.462. The number of amides is 1. The molecule has 1 fully saturated rings. The second kappa shape index (κ2) is 5.80. The second-order valence-electron chi connectivity index (χ2n) is 4.40. The van der Waals surface area contributed by atoms with Gasteiger partial charge in [-0.3, -0.25) is 9.69 Å². The van der Waals surface area contributed by atoms with E-state index in [-0.39, 0.29) is 12.6 Å². The minimum Gasteiger partial charge on any atom is -0.394 e. The van der Waals surface area contributed by atoms with Gasteiger partial charge in [0.2, 0.25) is 6.41 Å². The molecule has 1 unspecified atom stereocenters. The van der Waals surface area contributed by atoms with Gasteiger partial charge >= 0.3 is 0 Å². The van der Waals surface area contributed by atoms with E-state index in [2.05, 4.69) is 17.0 Å². The molecule has 1 aromatic rings. The van der Waals surface area contributed by atoms with Crippen LogP contribution < -0.4 is 0 Å². The van der Waals surface area contributed by atoms with Gasteiger partial charge < -0.3 is 10.0 Å². The van der Waals surface area contributed by atoms with E-state index in [4.69, 9.17) is 0 Å². The lowest BCUT2D eigenvalue weighted by Crippen LogP contribution is -2.53. The zero-order chi connectivity index (χ0) is 12.1. The Morgan fingerprint density at radius 2 is 2.06 bits per heavy atom. The topological polar surface area (TPSA) is 43.8 Å². The van der Waals surface area contributed by atoms with E-state index in [0.29, 0.717) is 6.54 Å². The Labute approximate surface area is 101 Å². The Morgan fingerprint density at radius 3 is 2.71 bits per heavy atom. The van der Waals surface area contributed by atoms with E-state index >= 15 is 0 Å². The minimum atomic E-state index is -0.0648. The first-order valence-corrected chi connectivity index (χ1v) is 5.91. The van der Waals surface area contributed by atoms with Crippen molar-refractivity contribution in [2.45, 2.75) is 12.6 Å². The maximum Gasteiger partial charge on any atom is 0.210 e. The van der Waals surface area contributed by atoms with Crippen LogP contribution in [0.4, 0.5) is 0 Å². The molecular weight excluding hydrogens is 216 g/mol. The van der Waals surface area contributed by atoms with Gasteiger partial charge in [0.25, 0.3) is 0 Å². The lowest BCUT2D eigenvalue weighted by atomic mass is 10.1. The number of aliphatic hydroxyl groups excluding tert-OH is 1. The predicted molar refractivity (Wildman–Crippen MR) is 65.4 cm³/mol. The Kier molecular flexibility index (Phi) is 4.12. The van der Waals surface area contributed by atoms with Crippen LogP contribution in [0.1, 0.15) is 5.56 Å². The smallest absolute Gasteiger partial charge is 0.210 e. The molecule has 4 nitrogen and oxygen atoms in total. The van der Waals surface area contributed by atoms with Gasteiger partial charge in [0.1, 0.15) is 0 Å². The Morgan fingerprint density at radius 1 is 1.29 bits per heavy atom. The first kappa shape index (κ1) is 12.1. The average molecular weight is 234 g/mol. The van der Waals surface area contributed by atoms with Crippen LogP contribution in [0.5, 0.6) is 0 Å². The van der Waals surface area contributed by atoms with Crippen LogP contribution in [0.25, 0.3) is 0 Å². The first-order valence-electron chi connectivity index (χ1n) is 5.91. The molecule has 0 aromatic heterocycles. The molecular formula is C13H18N2O2. The van der Waals surface area contributed by atoms with E-state index in [1.54, 1.807) is 4.90 Å². The highest BCUT2D eigenvalue weighted by Crippen LogP contribution is 2.11. The maximum atomic E-state index is 10.8. The van der Waals surface area contributed by atoms with Crippen LogP contribution in [-0.2, 0) is 11.3 Å². The van der Waals surface area contributed by atoms with Gasteiger partial charge in [0.05, 0.1) is 12.6 Å². The average Bonchev–Trinajstić information content (AvgIpc) is 2.40. The van der Waals surface area contributed by atoms with Crippen molar-refractivity contribution in [2.24, 2.45) is 0 Å². The number of hydrogen-bond acceptors (Lipinski definition) is 3. The minimum absolute atomic E-state index is 0.0318. The van der Waals surface area contributed by atoms with Crippen molar-refractivity contribution in [3.63, 3.8) is 0 Å². The summed E-state index contributed by atoms with van der Waals surface area (Å²) in [7, 11) is 0. The first-order chi connectivity index (χ1) is 8.33. The third kappa shape index (κ3) is 3.05. The van der Waals surface area contributed by atoms with Gasteiger partial charge in [0, 0.05) is 26.2 Å². The zero-order valence-corrected chi connectivity index (χ0v) is 9.83. The normalized spacial score (nSPS) is 21.5. The zero-order valence-electron chi connectivity index (χ0n) is 9.83. The van der Waals surface area contributed by atoms with E-state index in [1.807, 2.05) is 18.2 Å². The number of nitrogens with zero attached hydrogens (tertiary/aromatic N) is 2. The molecule has 0 saturated carbocycles. The van der Waals surface area contributed by atoms with Gasteiger partial charge in [-0.2, -0.15) is 0 Å². The fourth-order valence-electron chi connectivity index (χ4n) is 2.22. The molecule has 1 N–H and O–H groups in total. The molecule has 1 atom stereocenters. The molecule has 1 heterocycles. The second-order valence-corrected chi connectivity index (χ2v) is 4.40. The standard InChI is InChI=1S/C13H18N2O2/c16-10-13-9-14(6-7-15(13)11-17)8-12-4-2-1-3-5-12/h1-5,11,13,16H,6-10H2. The van der Waals surface area contributed by atoms with Gasteiger partial charge in [0.15, 0.2) is 0 Å². The van der Waals surface area contributed by atoms with Crippen LogP contribution in [0.3, 0.4) is 0 Å². The van der Waals surface area contributed by atoms with Crippen LogP contribution in [0.15, 0.2) is 30.3 Å². The van der Waals surface area contributed by atoms with Crippen molar-refractivity contribution in [3.05, 3.63) is 35.9 Å². The Hall–Kier alpha value is -1.39. The van der Waals surface area contributed by atoms with E-state index in [0.717, 1.165) is 26.0 Å². The number of carbonyl (C=O) groups is 1. The molecule has 0 radical (unpaired) electrons. The fourth-order valence-corrected chi connectivity index (χ4v) is 2.22. The molecule has 1 aliphatic heterocycles. The number of carbonyl (C=O) groups excluding carboxylic acids is 1.